The molecule has 2 aromatic rings. The molecule has 1 aliphatic rings. The van der Waals surface area contributed by atoms with Crippen LogP contribution in [-0.4, -0.2) is 46.7 Å². The summed E-state index contributed by atoms with van der Waals surface area (Å²) in [6.45, 7) is 5.11. The summed E-state index contributed by atoms with van der Waals surface area (Å²) in [6.07, 6.45) is 0.595. The van der Waals surface area contributed by atoms with Crippen molar-refractivity contribution in [3.05, 3.63) is 35.5 Å². The number of rotatable bonds is 3. The Hall–Kier alpha value is -2.50. The smallest absolute Gasteiger partial charge is 0.428 e. The van der Waals surface area contributed by atoms with Crippen molar-refractivity contribution in [3.8, 4) is 0 Å². The zero-order valence-electron chi connectivity index (χ0n) is 13.5. The Labute approximate surface area is 135 Å². The molecule has 23 heavy (non-hydrogen) atoms. The van der Waals surface area contributed by atoms with E-state index in [9.17, 15) is 9.59 Å². The zero-order valence-corrected chi connectivity index (χ0v) is 13.5. The van der Waals surface area contributed by atoms with Gasteiger partial charge >= 0.3 is 6.09 Å². The average Bonchev–Trinajstić information content (AvgIpc) is 3.13. The molecule has 3 rings (SSSR count). The number of para-hydroxylation sites is 1. The Morgan fingerprint density at radius 3 is 2.74 bits per heavy atom. The van der Waals surface area contributed by atoms with Gasteiger partial charge < -0.3 is 9.72 Å². The predicted molar refractivity (Wildman–Crippen MR) is 86.8 cm³/mol. The van der Waals surface area contributed by atoms with E-state index >= 15 is 0 Å². The van der Waals surface area contributed by atoms with Crippen LogP contribution in [0.5, 0.6) is 0 Å². The quantitative estimate of drug-likeness (QED) is 0.947. The number of aryl methyl sites for hydroxylation is 1. The van der Waals surface area contributed by atoms with E-state index in [2.05, 4.69) is 4.98 Å². The molecule has 0 spiro atoms. The van der Waals surface area contributed by atoms with Gasteiger partial charge in [0.25, 0.3) is 0 Å². The molecule has 1 fully saturated rings. The second-order valence-electron chi connectivity index (χ2n) is 5.64. The first-order valence-electron chi connectivity index (χ1n) is 7.92. The Morgan fingerprint density at radius 1 is 1.22 bits per heavy atom. The average molecular weight is 315 g/mol. The number of carbonyl (C=O) groups is 2. The lowest BCUT2D eigenvalue weighted by Gasteiger charge is -2.27. The van der Waals surface area contributed by atoms with Gasteiger partial charge in [0, 0.05) is 29.7 Å². The maximum Gasteiger partial charge on any atom is 0.428 e. The maximum absolute atomic E-state index is 12.7. The van der Waals surface area contributed by atoms with Crippen LogP contribution in [0.2, 0.25) is 0 Å². The molecule has 1 aliphatic heterocycles. The van der Waals surface area contributed by atoms with Gasteiger partial charge in [0.2, 0.25) is 5.91 Å². The molecule has 0 saturated carbocycles. The normalized spacial score (nSPS) is 14.5. The molecule has 1 N–H and O–H groups in total. The SMILES string of the molecule is CCOC(=O)N1CCCN1C(=O)Cc1c(C)[nH]c2ccccc12. The van der Waals surface area contributed by atoms with Gasteiger partial charge in [-0.05, 0) is 31.9 Å². The van der Waals surface area contributed by atoms with Gasteiger partial charge in [0.1, 0.15) is 0 Å². The van der Waals surface area contributed by atoms with Crippen LogP contribution in [0.4, 0.5) is 4.79 Å². The summed E-state index contributed by atoms with van der Waals surface area (Å²) in [7, 11) is 0. The Balaban J connectivity index is 1.80. The number of hydrazine groups is 1. The molecular formula is C17H21N3O3. The highest BCUT2D eigenvalue weighted by molar-refractivity contribution is 5.90. The summed E-state index contributed by atoms with van der Waals surface area (Å²) >= 11 is 0. The Kier molecular flexibility index (Phi) is 4.23. The van der Waals surface area contributed by atoms with E-state index in [0.29, 0.717) is 19.7 Å². The van der Waals surface area contributed by atoms with Gasteiger partial charge in [-0.25, -0.2) is 14.8 Å². The minimum Gasteiger partial charge on any atom is -0.448 e. The van der Waals surface area contributed by atoms with Crippen molar-refractivity contribution in [2.45, 2.75) is 26.7 Å². The molecule has 122 valence electrons. The van der Waals surface area contributed by atoms with Gasteiger partial charge in [-0.1, -0.05) is 18.2 Å². The van der Waals surface area contributed by atoms with Gasteiger partial charge in [0.05, 0.1) is 13.0 Å². The largest absolute Gasteiger partial charge is 0.448 e. The molecule has 0 radical (unpaired) electrons. The van der Waals surface area contributed by atoms with Crippen molar-refractivity contribution in [3.63, 3.8) is 0 Å². The first-order valence-corrected chi connectivity index (χ1v) is 7.92. The number of carbonyl (C=O) groups excluding carboxylic acids is 2. The second-order valence-corrected chi connectivity index (χ2v) is 5.64. The molecule has 6 heteroatoms. The van der Waals surface area contributed by atoms with E-state index in [4.69, 9.17) is 4.74 Å². The highest BCUT2D eigenvalue weighted by Gasteiger charge is 2.32. The summed E-state index contributed by atoms with van der Waals surface area (Å²) in [4.78, 5) is 27.9. The second kappa shape index (κ2) is 6.32. The molecule has 2 heterocycles. The summed E-state index contributed by atoms with van der Waals surface area (Å²) in [5.74, 6) is -0.0802. The molecule has 0 aliphatic carbocycles. The van der Waals surface area contributed by atoms with Crippen LogP contribution in [0, 0.1) is 6.92 Å². The summed E-state index contributed by atoms with van der Waals surface area (Å²) in [5.41, 5.74) is 3.00. The fourth-order valence-corrected chi connectivity index (χ4v) is 3.06. The molecular weight excluding hydrogens is 294 g/mol. The van der Waals surface area contributed by atoms with Crippen molar-refractivity contribution in [2.75, 3.05) is 19.7 Å². The molecule has 6 nitrogen and oxygen atoms in total. The molecule has 2 amide bonds. The van der Waals surface area contributed by atoms with E-state index in [1.807, 2.05) is 31.2 Å². The van der Waals surface area contributed by atoms with Crippen LogP contribution < -0.4 is 0 Å². The first kappa shape index (κ1) is 15.4. The third-order valence-electron chi connectivity index (χ3n) is 4.15. The number of aromatic amines is 1. The van der Waals surface area contributed by atoms with E-state index in [1.165, 1.54) is 10.0 Å². The fourth-order valence-electron chi connectivity index (χ4n) is 3.06. The van der Waals surface area contributed by atoms with Gasteiger partial charge in [-0.15, -0.1) is 0 Å². The molecule has 1 saturated heterocycles. The van der Waals surface area contributed by atoms with E-state index in [1.54, 1.807) is 6.92 Å². The van der Waals surface area contributed by atoms with Crippen LogP contribution in [0.3, 0.4) is 0 Å². The first-order chi connectivity index (χ1) is 11.1. The number of amides is 2. The lowest BCUT2D eigenvalue weighted by Crippen LogP contribution is -2.45. The number of nitrogens with zero attached hydrogens (tertiary/aromatic N) is 2. The third kappa shape index (κ3) is 2.88. The molecule has 0 atom stereocenters. The van der Waals surface area contributed by atoms with Gasteiger partial charge in [-0.2, -0.15) is 0 Å². The van der Waals surface area contributed by atoms with Crippen LogP contribution in [0.1, 0.15) is 24.6 Å². The molecule has 0 unspecified atom stereocenters. The topological polar surface area (TPSA) is 65.6 Å². The van der Waals surface area contributed by atoms with Crippen LogP contribution >= 0.6 is 0 Å². The van der Waals surface area contributed by atoms with Gasteiger partial charge in [-0.3, -0.25) is 4.79 Å². The van der Waals surface area contributed by atoms with E-state index in [0.717, 1.165) is 28.6 Å². The van der Waals surface area contributed by atoms with E-state index < -0.39 is 6.09 Å². The summed E-state index contributed by atoms with van der Waals surface area (Å²) < 4.78 is 5.02. The molecule has 1 aromatic heterocycles. The monoisotopic (exact) mass is 315 g/mol. The molecule has 1 aromatic carbocycles. The highest BCUT2D eigenvalue weighted by atomic mass is 16.6. The van der Waals surface area contributed by atoms with Crippen molar-refractivity contribution in [1.82, 2.24) is 15.0 Å². The number of hydrogen-bond acceptors (Lipinski definition) is 3. The highest BCUT2D eigenvalue weighted by Crippen LogP contribution is 2.24. The number of benzene rings is 1. The lowest BCUT2D eigenvalue weighted by molar-refractivity contribution is -0.140. The number of H-pyrrole nitrogens is 1. The van der Waals surface area contributed by atoms with Crippen molar-refractivity contribution >= 4 is 22.9 Å². The number of fused-ring (bicyclic) bond motifs is 1. The number of hydrogen-bond donors (Lipinski definition) is 1. The number of nitrogens with one attached hydrogen (secondary N) is 1. The number of aromatic nitrogens is 1. The van der Waals surface area contributed by atoms with Crippen molar-refractivity contribution < 1.29 is 14.3 Å². The summed E-state index contributed by atoms with van der Waals surface area (Å²) in [6, 6.07) is 7.93. The Bertz CT molecular complexity index is 738. The minimum absolute atomic E-state index is 0.0802. The third-order valence-corrected chi connectivity index (χ3v) is 4.15. The van der Waals surface area contributed by atoms with Crippen molar-refractivity contribution in [1.29, 1.82) is 0 Å². The minimum atomic E-state index is -0.450. The predicted octanol–water partition coefficient (Wildman–Crippen LogP) is 2.62. The van der Waals surface area contributed by atoms with Gasteiger partial charge in [0.15, 0.2) is 0 Å². The standard InChI is InChI=1S/C17H21N3O3/c1-3-23-17(22)20-10-6-9-19(20)16(21)11-14-12(2)18-15-8-5-4-7-13(14)15/h4-5,7-8,18H,3,6,9-11H2,1-2H3. The van der Waals surface area contributed by atoms with Crippen molar-refractivity contribution in [2.24, 2.45) is 0 Å². The number of ether oxygens (including phenoxy) is 1. The summed E-state index contributed by atoms with van der Waals surface area (Å²) in [5, 5.41) is 3.98. The fraction of sp³-hybridized carbons (Fsp3) is 0.412. The van der Waals surface area contributed by atoms with Crippen LogP contribution in [0.25, 0.3) is 10.9 Å². The van der Waals surface area contributed by atoms with Crippen LogP contribution in [0.15, 0.2) is 24.3 Å². The van der Waals surface area contributed by atoms with Crippen LogP contribution in [-0.2, 0) is 16.0 Å². The maximum atomic E-state index is 12.7. The Morgan fingerprint density at radius 2 is 1.96 bits per heavy atom. The zero-order chi connectivity index (χ0) is 16.4. The lowest BCUT2D eigenvalue weighted by atomic mass is 10.1. The van der Waals surface area contributed by atoms with E-state index in [-0.39, 0.29) is 12.3 Å². The molecule has 0 bridgehead atoms.